The van der Waals surface area contributed by atoms with Crippen LogP contribution in [0.15, 0.2) is 34.5 Å². The van der Waals surface area contributed by atoms with Gasteiger partial charge in [0.2, 0.25) is 11.7 Å². The topological polar surface area (TPSA) is 164 Å². The number of aliphatic carboxylic acids is 1. The average Bonchev–Trinajstić information content (AvgIpc) is 3.13. The summed E-state index contributed by atoms with van der Waals surface area (Å²) in [6, 6.07) is -0.933. The minimum absolute atomic E-state index is 0.0698. The number of nitrogens with zero attached hydrogens (tertiary/aromatic N) is 3. The summed E-state index contributed by atoms with van der Waals surface area (Å²) in [6.45, 7) is 2.87. The summed E-state index contributed by atoms with van der Waals surface area (Å²) < 4.78 is 0. The predicted octanol–water partition coefficient (Wildman–Crippen LogP) is -0.173. The van der Waals surface area contributed by atoms with Crippen LogP contribution in [0.25, 0.3) is 0 Å². The molecule has 3 heterocycles. The van der Waals surface area contributed by atoms with Crippen molar-refractivity contribution in [1.29, 1.82) is 0 Å². The Morgan fingerprint density at radius 3 is 2.83 bits per heavy atom. The van der Waals surface area contributed by atoms with Gasteiger partial charge in [0, 0.05) is 11.1 Å². The first kappa shape index (κ1) is 21.9. The predicted molar refractivity (Wildman–Crippen MR) is 113 cm³/mol. The fourth-order valence-corrected chi connectivity index (χ4v) is 4.90. The Hall–Kier alpha value is -2.84. The smallest absolute Gasteiger partial charge is 0.344 e. The van der Waals surface area contributed by atoms with Crippen molar-refractivity contribution in [3.05, 3.63) is 35.0 Å². The third-order valence-electron chi connectivity index (χ3n) is 4.06. The second-order valence-corrected chi connectivity index (χ2v) is 8.32. The molecule has 0 aliphatic carbocycles. The Morgan fingerprint density at radius 1 is 1.53 bits per heavy atom. The molecule has 4 N–H and O–H groups in total. The highest BCUT2D eigenvalue weighted by molar-refractivity contribution is 8.00. The highest BCUT2D eigenvalue weighted by Gasteiger charge is 2.53. The normalized spacial score (nSPS) is 20.9. The maximum absolute atomic E-state index is 12.8. The van der Waals surface area contributed by atoms with Crippen molar-refractivity contribution in [2.45, 2.75) is 11.4 Å². The number of thiol groups is 1. The molecule has 30 heavy (non-hydrogen) atoms. The Morgan fingerprint density at radius 2 is 2.27 bits per heavy atom. The van der Waals surface area contributed by atoms with E-state index in [0.29, 0.717) is 11.3 Å². The standard InChI is InChI=1S/C16H15N5O6S3/c1-2-6-4-29-14-10(13(25)21(14)11(6)15(26)28)19-12(24)9(20-27-3-8(22)23)7-5-30-16(17)18-7/h2,5,10,14H,1,3-4H2,(H2,17,18)(H,19,24)(H,22,23)(H,26,28)/t10?,14-/m1/s1. The van der Waals surface area contributed by atoms with Gasteiger partial charge in [0.1, 0.15) is 22.8 Å². The number of thiazole rings is 1. The molecule has 1 aromatic rings. The van der Waals surface area contributed by atoms with Crippen LogP contribution in [0.2, 0.25) is 0 Å². The molecule has 2 amide bonds. The molecule has 1 fully saturated rings. The van der Waals surface area contributed by atoms with E-state index in [1.54, 1.807) is 0 Å². The van der Waals surface area contributed by atoms with E-state index in [-0.39, 0.29) is 22.2 Å². The molecule has 14 heteroatoms. The number of nitrogen functional groups attached to an aromatic ring is 1. The van der Waals surface area contributed by atoms with Crippen molar-refractivity contribution in [2.24, 2.45) is 5.16 Å². The number of carboxylic acid groups (broad SMARTS) is 1. The minimum atomic E-state index is -1.28. The lowest BCUT2D eigenvalue weighted by Gasteiger charge is -2.49. The molecule has 1 unspecified atom stereocenters. The SMILES string of the molecule is C=CC1=C(C(=O)S)N2C(=O)C(NC(=O)C(=NOCC(=O)O)c3csc(N)n3)[C@H]2SC1. The van der Waals surface area contributed by atoms with Gasteiger partial charge in [-0.3, -0.25) is 19.3 Å². The molecule has 0 aromatic carbocycles. The number of aromatic nitrogens is 1. The summed E-state index contributed by atoms with van der Waals surface area (Å²) in [4.78, 5) is 57.8. The van der Waals surface area contributed by atoms with Crippen molar-refractivity contribution < 1.29 is 29.1 Å². The van der Waals surface area contributed by atoms with Gasteiger partial charge in [-0.2, -0.15) is 0 Å². The van der Waals surface area contributed by atoms with E-state index >= 15 is 0 Å². The Balaban J connectivity index is 1.79. The summed E-state index contributed by atoms with van der Waals surface area (Å²) in [7, 11) is 0. The number of carboxylic acids is 1. The van der Waals surface area contributed by atoms with E-state index in [1.165, 1.54) is 28.1 Å². The first-order valence-corrected chi connectivity index (χ1v) is 10.6. The molecule has 2 aliphatic rings. The molecule has 11 nitrogen and oxygen atoms in total. The second-order valence-electron chi connectivity index (χ2n) is 5.92. The van der Waals surface area contributed by atoms with Gasteiger partial charge in [-0.1, -0.05) is 30.4 Å². The quantitative estimate of drug-likeness (QED) is 0.175. The number of anilines is 1. The van der Waals surface area contributed by atoms with E-state index < -0.39 is 40.9 Å². The number of rotatable bonds is 8. The molecule has 1 aromatic heterocycles. The molecule has 0 spiro atoms. The van der Waals surface area contributed by atoms with E-state index in [2.05, 4.69) is 39.5 Å². The number of β-lactam (4-membered cyclic amide) rings is 1. The zero-order chi connectivity index (χ0) is 22.0. The van der Waals surface area contributed by atoms with Crippen molar-refractivity contribution >= 4 is 69.5 Å². The average molecular weight is 470 g/mol. The van der Waals surface area contributed by atoms with Gasteiger partial charge in [0.25, 0.3) is 11.8 Å². The molecule has 0 saturated carbocycles. The first-order chi connectivity index (χ1) is 14.2. The summed E-state index contributed by atoms with van der Waals surface area (Å²) >= 11 is 6.22. The molecule has 0 radical (unpaired) electrons. The van der Waals surface area contributed by atoms with Gasteiger partial charge >= 0.3 is 5.97 Å². The van der Waals surface area contributed by atoms with E-state index in [4.69, 9.17) is 10.8 Å². The monoisotopic (exact) mass is 469 g/mol. The van der Waals surface area contributed by atoms with Crippen LogP contribution in [0, 0.1) is 0 Å². The Kier molecular flexibility index (Phi) is 6.48. The van der Waals surface area contributed by atoms with Crippen LogP contribution < -0.4 is 11.1 Å². The van der Waals surface area contributed by atoms with Gasteiger partial charge in [0.15, 0.2) is 10.8 Å². The number of hydrogen-bond donors (Lipinski definition) is 4. The van der Waals surface area contributed by atoms with Crippen LogP contribution in [0.5, 0.6) is 0 Å². The molecule has 0 bridgehead atoms. The lowest BCUT2D eigenvalue weighted by molar-refractivity contribution is -0.146. The first-order valence-electron chi connectivity index (χ1n) is 8.22. The van der Waals surface area contributed by atoms with Gasteiger partial charge in [0.05, 0.1) is 0 Å². The fourth-order valence-electron chi connectivity index (χ4n) is 2.76. The summed E-state index contributed by atoms with van der Waals surface area (Å²) in [6.07, 6.45) is 1.49. The molecule has 2 aliphatic heterocycles. The summed E-state index contributed by atoms with van der Waals surface area (Å²) in [5, 5.41) is 15.3. The number of carbonyl (C=O) groups is 4. The lowest BCUT2D eigenvalue weighted by Crippen LogP contribution is -2.70. The number of nitrogens with two attached hydrogens (primary N) is 1. The number of fused-ring (bicyclic) bond motifs is 1. The lowest BCUT2D eigenvalue weighted by atomic mass is 10.0. The van der Waals surface area contributed by atoms with Crippen LogP contribution >= 0.6 is 35.7 Å². The van der Waals surface area contributed by atoms with E-state index in [0.717, 1.165) is 11.3 Å². The highest BCUT2D eigenvalue weighted by Crippen LogP contribution is 2.41. The summed E-state index contributed by atoms with van der Waals surface area (Å²) in [5.41, 5.74) is 6.04. The van der Waals surface area contributed by atoms with Crippen molar-refractivity contribution in [2.75, 3.05) is 18.1 Å². The number of amides is 2. The Bertz CT molecular complexity index is 1000. The van der Waals surface area contributed by atoms with Crippen molar-refractivity contribution in [1.82, 2.24) is 15.2 Å². The van der Waals surface area contributed by atoms with E-state index in [1.807, 2.05) is 0 Å². The molecular formula is C16H15N5O6S3. The van der Waals surface area contributed by atoms with Gasteiger partial charge in [-0.05, 0) is 5.57 Å². The van der Waals surface area contributed by atoms with Crippen LogP contribution in [-0.2, 0) is 24.0 Å². The molecule has 3 rings (SSSR count). The van der Waals surface area contributed by atoms with E-state index in [9.17, 15) is 19.2 Å². The minimum Gasteiger partial charge on any atom is -0.479 e. The second kappa shape index (κ2) is 8.89. The zero-order valence-corrected chi connectivity index (χ0v) is 17.6. The molecule has 1 saturated heterocycles. The number of oxime groups is 1. The molecule has 158 valence electrons. The van der Waals surface area contributed by atoms with Crippen LogP contribution in [0.4, 0.5) is 5.13 Å². The largest absolute Gasteiger partial charge is 0.479 e. The van der Waals surface area contributed by atoms with Crippen LogP contribution in [0.3, 0.4) is 0 Å². The molecule has 2 atom stereocenters. The Labute approximate surface area is 183 Å². The number of allylic oxidation sites excluding steroid dienone is 1. The number of hydrogen-bond acceptors (Lipinski definition) is 10. The summed E-state index contributed by atoms with van der Waals surface area (Å²) in [5.74, 6) is -2.17. The molecular weight excluding hydrogens is 454 g/mol. The van der Waals surface area contributed by atoms with Crippen molar-refractivity contribution in [3.63, 3.8) is 0 Å². The van der Waals surface area contributed by atoms with Gasteiger partial charge < -0.3 is 21.0 Å². The third kappa shape index (κ3) is 4.20. The van der Waals surface area contributed by atoms with Crippen LogP contribution in [0.1, 0.15) is 5.69 Å². The number of thioether (sulfide) groups is 1. The maximum Gasteiger partial charge on any atom is 0.344 e. The zero-order valence-electron chi connectivity index (χ0n) is 15.1. The van der Waals surface area contributed by atoms with Crippen LogP contribution in [-0.4, -0.2) is 67.4 Å². The third-order valence-corrected chi connectivity index (χ3v) is 6.24. The number of carbonyl (C=O) groups excluding carboxylic acids is 3. The highest BCUT2D eigenvalue weighted by atomic mass is 32.2. The fraction of sp³-hybridized carbons (Fsp3) is 0.250. The number of nitrogens with one attached hydrogen (secondary N) is 1. The maximum atomic E-state index is 12.8. The van der Waals surface area contributed by atoms with Gasteiger partial charge in [-0.25, -0.2) is 9.78 Å². The van der Waals surface area contributed by atoms with Crippen molar-refractivity contribution in [3.8, 4) is 0 Å². The van der Waals surface area contributed by atoms with Gasteiger partial charge in [-0.15, -0.1) is 23.1 Å².